The molecule has 3 fully saturated rings. The van der Waals surface area contributed by atoms with Crippen molar-refractivity contribution < 1.29 is 0 Å². The minimum atomic E-state index is 0.249. The van der Waals surface area contributed by atoms with Crippen molar-refractivity contribution in [3.63, 3.8) is 0 Å². The molecule has 0 aromatic carbocycles. The summed E-state index contributed by atoms with van der Waals surface area (Å²) in [5.74, 6) is 0.754. The van der Waals surface area contributed by atoms with Crippen molar-refractivity contribution in [2.75, 3.05) is 18.0 Å². The number of fused-ring (bicyclic) bond motifs is 3. The third-order valence-electron chi connectivity index (χ3n) is 7.69. The minimum absolute atomic E-state index is 0.249. The molecule has 3 aromatic rings. The number of piperazine rings is 1. The molecule has 7 nitrogen and oxygen atoms in total. The van der Waals surface area contributed by atoms with Crippen molar-refractivity contribution >= 4 is 11.2 Å². The van der Waals surface area contributed by atoms with Gasteiger partial charge in [0.05, 0.1) is 29.4 Å². The molecule has 0 amide bonds. The molecular weight excluding hydrogens is 374 g/mol. The van der Waals surface area contributed by atoms with Crippen LogP contribution in [0, 0.1) is 23.2 Å². The molecule has 0 radical (unpaired) electrons. The van der Waals surface area contributed by atoms with Crippen LogP contribution in [0.25, 0.3) is 16.6 Å². The maximum Gasteiger partial charge on any atom is 0.0886 e. The fraction of sp³-hybridized carbons (Fsp3) is 0.522. The first-order valence-electron chi connectivity index (χ1n) is 11.0. The Labute approximate surface area is 176 Å². The van der Waals surface area contributed by atoms with Gasteiger partial charge in [-0.3, -0.25) is 9.58 Å². The van der Waals surface area contributed by atoms with Gasteiger partial charge in [0.25, 0.3) is 0 Å². The Bertz CT molecular complexity index is 1120. The number of aromatic nitrogens is 4. The van der Waals surface area contributed by atoms with Crippen LogP contribution >= 0.6 is 0 Å². The highest BCUT2D eigenvalue weighted by atomic mass is 15.4. The largest absolute Gasteiger partial charge is 0.367 e. The quantitative estimate of drug-likeness (QED) is 0.675. The van der Waals surface area contributed by atoms with Crippen molar-refractivity contribution in [2.24, 2.45) is 18.9 Å². The third-order valence-corrected chi connectivity index (χ3v) is 7.69. The predicted molar refractivity (Wildman–Crippen MR) is 115 cm³/mol. The Kier molecular flexibility index (Phi) is 3.94. The lowest BCUT2D eigenvalue weighted by molar-refractivity contribution is -0.00314. The van der Waals surface area contributed by atoms with E-state index >= 15 is 0 Å². The van der Waals surface area contributed by atoms with Gasteiger partial charge in [0, 0.05) is 68.0 Å². The van der Waals surface area contributed by atoms with Crippen LogP contribution in [0.5, 0.6) is 0 Å². The standard InChI is InChI=1S/C23H27N7/c1-15-16(9-24)7-22(15)30-19-3-4-20(30)14-28(13-19)21-5-6-25-29-12-17(8-23(21)29)18-10-26-27(2)11-18/h5-6,8,10-12,15-16,19-20,22H,3-4,7,13-14H2,1-2H3. The van der Waals surface area contributed by atoms with E-state index in [1.165, 1.54) is 18.5 Å². The number of hydrogen-bond acceptors (Lipinski definition) is 5. The van der Waals surface area contributed by atoms with E-state index in [-0.39, 0.29) is 5.92 Å². The van der Waals surface area contributed by atoms with E-state index < -0.39 is 0 Å². The Hall–Kier alpha value is -2.85. The van der Waals surface area contributed by atoms with Gasteiger partial charge in [-0.2, -0.15) is 15.5 Å². The second-order valence-corrected chi connectivity index (χ2v) is 9.31. The van der Waals surface area contributed by atoms with Gasteiger partial charge < -0.3 is 4.90 Å². The van der Waals surface area contributed by atoms with E-state index in [0.717, 1.165) is 36.2 Å². The van der Waals surface area contributed by atoms with Crippen molar-refractivity contribution in [3.05, 3.63) is 36.9 Å². The summed E-state index contributed by atoms with van der Waals surface area (Å²) in [6, 6.07) is 8.67. The first-order valence-corrected chi connectivity index (χ1v) is 11.0. The second-order valence-electron chi connectivity index (χ2n) is 9.31. The highest BCUT2D eigenvalue weighted by Gasteiger charge is 2.50. The lowest BCUT2D eigenvalue weighted by Gasteiger charge is -2.53. The Morgan fingerprint density at radius 3 is 2.57 bits per heavy atom. The van der Waals surface area contributed by atoms with Crippen LogP contribution in [0.3, 0.4) is 0 Å². The Balaban J connectivity index is 1.28. The third kappa shape index (κ3) is 2.60. The van der Waals surface area contributed by atoms with Crippen LogP contribution in [0.1, 0.15) is 26.2 Å². The molecule has 5 atom stereocenters. The summed E-state index contributed by atoms with van der Waals surface area (Å²) in [5, 5.41) is 18.2. The summed E-state index contributed by atoms with van der Waals surface area (Å²) < 4.78 is 3.83. The molecule has 5 heterocycles. The van der Waals surface area contributed by atoms with Gasteiger partial charge in [0.1, 0.15) is 0 Å². The average molecular weight is 402 g/mol. The fourth-order valence-electron chi connectivity index (χ4n) is 5.99. The maximum atomic E-state index is 9.31. The van der Waals surface area contributed by atoms with E-state index in [1.807, 2.05) is 34.8 Å². The number of nitrogens with zero attached hydrogens (tertiary/aromatic N) is 7. The molecule has 6 rings (SSSR count). The zero-order valence-corrected chi connectivity index (χ0v) is 17.5. The maximum absolute atomic E-state index is 9.31. The number of anilines is 1. The summed E-state index contributed by atoms with van der Waals surface area (Å²) in [7, 11) is 1.94. The van der Waals surface area contributed by atoms with E-state index in [9.17, 15) is 5.26 Å². The average Bonchev–Trinajstić information content (AvgIpc) is 3.43. The molecule has 2 bridgehead atoms. The van der Waals surface area contributed by atoms with Gasteiger partial charge in [-0.05, 0) is 37.3 Å². The van der Waals surface area contributed by atoms with E-state index in [4.69, 9.17) is 0 Å². The zero-order valence-electron chi connectivity index (χ0n) is 17.5. The minimum Gasteiger partial charge on any atom is -0.367 e. The number of nitriles is 1. The van der Waals surface area contributed by atoms with Crippen LogP contribution < -0.4 is 4.90 Å². The number of rotatable bonds is 3. The van der Waals surface area contributed by atoms with Crippen molar-refractivity contribution in [1.82, 2.24) is 24.3 Å². The summed E-state index contributed by atoms with van der Waals surface area (Å²) >= 11 is 0. The topological polar surface area (TPSA) is 65.4 Å². The first kappa shape index (κ1) is 18.0. The molecule has 2 saturated heterocycles. The Morgan fingerprint density at radius 2 is 1.90 bits per heavy atom. The van der Waals surface area contributed by atoms with Gasteiger partial charge >= 0.3 is 0 Å². The lowest BCUT2D eigenvalue weighted by Crippen LogP contribution is -2.62. The zero-order chi connectivity index (χ0) is 20.4. The molecule has 1 saturated carbocycles. The molecule has 154 valence electrons. The number of hydrogen-bond donors (Lipinski definition) is 0. The van der Waals surface area contributed by atoms with Crippen LogP contribution in [-0.2, 0) is 7.05 Å². The fourth-order valence-corrected chi connectivity index (χ4v) is 5.99. The summed E-state index contributed by atoms with van der Waals surface area (Å²) in [6.07, 6.45) is 11.5. The predicted octanol–water partition coefficient (Wildman–Crippen LogP) is 2.94. The molecule has 5 unspecified atom stereocenters. The highest BCUT2D eigenvalue weighted by Crippen LogP contribution is 2.45. The van der Waals surface area contributed by atoms with Crippen LogP contribution in [0.4, 0.5) is 5.69 Å². The molecule has 2 aliphatic heterocycles. The van der Waals surface area contributed by atoms with Crippen molar-refractivity contribution in [1.29, 1.82) is 5.26 Å². The molecule has 3 aliphatic rings. The normalized spacial score (nSPS) is 31.1. The van der Waals surface area contributed by atoms with Gasteiger partial charge in [-0.15, -0.1) is 0 Å². The van der Waals surface area contributed by atoms with Crippen LogP contribution in [0.2, 0.25) is 0 Å². The molecular formula is C23H27N7. The van der Waals surface area contributed by atoms with Crippen LogP contribution in [0.15, 0.2) is 36.9 Å². The molecule has 30 heavy (non-hydrogen) atoms. The molecule has 0 spiro atoms. The molecule has 3 aromatic heterocycles. The van der Waals surface area contributed by atoms with Gasteiger partial charge in [0.15, 0.2) is 0 Å². The van der Waals surface area contributed by atoms with E-state index in [2.05, 4.69) is 51.3 Å². The highest BCUT2D eigenvalue weighted by molar-refractivity contribution is 5.79. The van der Waals surface area contributed by atoms with Crippen molar-refractivity contribution in [3.8, 4) is 17.2 Å². The van der Waals surface area contributed by atoms with Crippen LogP contribution in [-0.4, -0.2) is 55.5 Å². The molecule has 7 heteroatoms. The SMILES string of the molecule is CC1C(C#N)CC1N1C2CCC1CN(c1ccnn3cc(-c4cnn(C)c4)cc13)C2. The Morgan fingerprint density at radius 1 is 1.10 bits per heavy atom. The number of aryl methyl sites for hydroxylation is 1. The lowest BCUT2D eigenvalue weighted by atomic mass is 9.69. The monoisotopic (exact) mass is 401 g/mol. The molecule has 1 aliphatic carbocycles. The van der Waals surface area contributed by atoms with Crippen molar-refractivity contribution in [2.45, 2.75) is 44.3 Å². The summed E-state index contributed by atoms with van der Waals surface area (Å²) in [4.78, 5) is 5.33. The second kappa shape index (κ2) is 6.58. The summed E-state index contributed by atoms with van der Waals surface area (Å²) in [6.45, 7) is 4.38. The molecule has 0 N–H and O–H groups in total. The van der Waals surface area contributed by atoms with Gasteiger partial charge in [-0.25, -0.2) is 4.52 Å². The van der Waals surface area contributed by atoms with E-state index in [0.29, 0.717) is 24.0 Å². The van der Waals surface area contributed by atoms with Gasteiger partial charge in [0.2, 0.25) is 0 Å². The van der Waals surface area contributed by atoms with E-state index in [1.54, 1.807) is 0 Å². The smallest absolute Gasteiger partial charge is 0.0886 e. The van der Waals surface area contributed by atoms with Gasteiger partial charge in [-0.1, -0.05) is 6.92 Å². The summed E-state index contributed by atoms with van der Waals surface area (Å²) in [5.41, 5.74) is 4.69. The first-order chi connectivity index (χ1) is 14.6.